The summed E-state index contributed by atoms with van der Waals surface area (Å²) in [6, 6.07) is 8.43. The summed E-state index contributed by atoms with van der Waals surface area (Å²) in [6.45, 7) is 2.95. The first kappa shape index (κ1) is 13.4. The van der Waals surface area contributed by atoms with E-state index in [-0.39, 0.29) is 0 Å². The molecule has 100 valence electrons. The van der Waals surface area contributed by atoms with Crippen LogP contribution < -0.4 is 5.32 Å². The van der Waals surface area contributed by atoms with Crippen LogP contribution in [0.25, 0.3) is 0 Å². The number of rotatable bonds is 6. The molecule has 0 radical (unpaired) electrons. The fourth-order valence-corrected chi connectivity index (χ4v) is 2.05. The zero-order valence-electron chi connectivity index (χ0n) is 11.4. The highest BCUT2D eigenvalue weighted by Gasteiger charge is 2.06. The molecule has 0 spiro atoms. The lowest BCUT2D eigenvalue weighted by atomic mass is 10.1. The average molecular weight is 257 g/mol. The van der Waals surface area contributed by atoms with Crippen LogP contribution in [0.3, 0.4) is 0 Å². The third-order valence-electron chi connectivity index (χ3n) is 3.23. The number of aromatic nitrogens is 1. The van der Waals surface area contributed by atoms with Crippen LogP contribution in [0, 0.1) is 11.3 Å². The Labute approximate surface area is 113 Å². The van der Waals surface area contributed by atoms with Gasteiger partial charge in [-0.2, -0.15) is 5.26 Å². The Morgan fingerprint density at radius 1 is 1.53 bits per heavy atom. The third-order valence-corrected chi connectivity index (χ3v) is 3.23. The number of aryl methyl sites for hydroxylation is 2. The van der Waals surface area contributed by atoms with Crippen molar-refractivity contribution >= 4 is 0 Å². The summed E-state index contributed by atoms with van der Waals surface area (Å²) < 4.78 is 7.16. The van der Waals surface area contributed by atoms with Crippen LogP contribution in [-0.2, 0) is 20.0 Å². The molecule has 4 nitrogen and oxygen atoms in total. The molecule has 2 rings (SSSR count). The van der Waals surface area contributed by atoms with Gasteiger partial charge >= 0.3 is 0 Å². The Morgan fingerprint density at radius 3 is 3.00 bits per heavy atom. The maximum atomic E-state index is 8.90. The zero-order chi connectivity index (χ0) is 13.7. The number of hydrogen-bond donors (Lipinski definition) is 1. The van der Waals surface area contributed by atoms with Gasteiger partial charge in [-0.05, 0) is 37.1 Å². The molecule has 0 saturated heterocycles. The van der Waals surface area contributed by atoms with Gasteiger partial charge in [0.2, 0.25) is 0 Å². The molecule has 2 heterocycles. The highest BCUT2D eigenvalue weighted by Crippen LogP contribution is 2.08. The summed E-state index contributed by atoms with van der Waals surface area (Å²) >= 11 is 0. The van der Waals surface area contributed by atoms with Crippen molar-refractivity contribution in [3.05, 3.63) is 47.7 Å². The van der Waals surface area contributed by atoms with E-state index >= 15 is 0 Å². The molecule has 0 aliphatic heterocycles. The van der Waals surface area contributed by atoms with E-state index in [1.165, 1.54) is 0 Å². The largest absolute Gasteiger partial charge is 0.469 e. The van der Waals surface area contributed by atoms with E-state index in [0.717, 1.165) is 30.7 Å². The van der Waals surface area contributed by atoms with Crippen LogP contribution in [0.1, 0.15) is 30.4 Å². The second kappa shape index (κ2) is 6.26. The molecule has 1 N–H and O–H groups in total. The third kappa shape index (κ3) is 3.73. The molecule has 19 heavy (non-hydrogen) atoms. The lowest BCUT2D eigenvalue weighted by Gasteiger charge is -2.12. The van der Waals surface area contributed by atoms with Crippen molar-refractivity contribution in [3.63, 3.8) is 0 Å². The van der Waals surface area contributed by atoms with E-state index in [1.807, 2.05) is 36.0 Å². The number of nitrogens with zero attached hydrogens (tertiary/aromatic N) is 2. The molecule has 1 atom stereocenters. The molecule has 0 saturated carbocycles. The van der Waals surface area contributed by atoms with Crippen molar-refractivity contribution in [1.29, 1.82) is 5.26 Å². The highest BCUT2D eigenvalue weighted by molar-refractivity contribution is 5.28. The summed E-state index contributed by atoms with van der Waals surface area (Å²) in [6.07, 6.45) is 5.68. The number of nitriles is 1. The van der Waals surface area contributed by atoms with E-state index in [0.29, 0.717) is 11.7 Å². The minimum absolute atomic E-state index is 0.413. The van der Waals surface area contributed by atoms with Gasteiger partial charge in [-0.15, -0.1) is 0 Å². The first-order chi connectivity index (χ1) is 9.19. The van der Waals surface area contributed by atoms with Gasteiger partial charge in [0.1, 0.15) is 17.5 Å². The van der Waals surface area contributed by atoms with Gasteiger partial charge in [0.25, 0.3) is 0 Å². The van der Waals surface area contributed by atoms with Gasteiger partial charge in [0.05, 0.1) is 6.26 Å². The van der Waals surface area contributed by atoms with Crippen molar-refractivity contribution in [1.82, 2.24) is 9.88 Å². The van der Waals surface area contributed by atoms with Crippen molar-refractivity contribution in [2.24, 2.45) is 7.05 Å². The molecule has 0 fully saturated rings. The summed E-state index contributed by atoms with van der Waals surface area (Å²) in [4.78, 5) is 0. The highest BCUT2D eigenvalue weighted by atomic mass is 16.3. The van der Waals surface area contributed by atoms with Gasteiger partial charge < -0.3 is 14.3 Å². The normalized spacial score (nSPS) is 12.3. The molecular formula is C15H19N3O. The fraction of sp³-hybridized carbons (Fsp3) is 0.400. The van der Waals surface area contributed by atoms with Gasteiger partial charge in [-0.1, -0.05) is 0 Å². The second-order valence-electron chi connectivity index (χ2n) is 4.86. The van der Waals surface area contributed by atoms with Gasteiger partial charge in [0.15, 0.2) is 0 Å². The first-order valence-electron chi connectivity index (χ1n) is 6.50. The van der Waals surface area contributed by atoms with Gasteiger partial charge in [-0.25, -0.2) is 0 Å². The monoisotopic (exact) mass is 257 g/mol. The molecule has 0 bridgehead atoms. The Kier molecular flexibility index (Phi) is 4.43. The van der Waals surface area contributed by atoms with Crippen LogP contribution >= 0.6 is 0 Å². The molecule has 0 aliphatic rings. The summed E-state index contributed by atoms with van der Waals surface area (Å²) in [5.74, 6) is 1.03. The molecule has 2 aromatic heterocycles. The Bertz CT molecular complexity index is 548. The number of hydrogen-bond acceptors (Lipinski definition) is 3. The maximum absolute atomic E-state index is 8.90. The smallest absolute Gasteiger partial charge is 0.120 e. The maximum Gasteiger partial charge on any atom is 0.120 e. The second-order valence-corrected chi connectivity index (χ2v) is 4.86. The van der Waals surface area contributed by atoms with Gasteiger partial charge in [0, 0.05) is 32.3 Å². The SMILES string of the molecule is CC(CCc1ccco1)NCc1cc(C#N)n(C)c1. The Morgan fingerprint density at radius 2 is 2.37 bits per heavy atom. The molecule has 0 amide bonds. The van der Waals surface area contributed by atoms with E-state index < -0.39 is 0 Å². The lowest BCUT2D eigenvalue weighted by Crippen LogP contribution is -2.25. The minimum atomic E-state index is 0.413. The quantitative estimate of drug-likeness (QED) is 0.865. The molecule has 4 heteroatoms. The van der Waals surface area contributed by atoms with E-state index in [9.17, 15) is 0 Å². The van der Waals surface area contributed by atoms with E-state index in [1.54, 1.807) is 6.26 Å². The van der Waals surface area contributed by atoms with Crippen molar-refractivity contribution in [3.8, 4) is 6.07 Å². The summed E-state index contributed by atoms with van der Waals surface area (Å²) in [5, 5.41) is 12.4. The topological polar surface area (TPSA) is 53.9 Å². The van der Waals surface area contributed by atoms with Crippen molar-refractivity contribution in [2.75, 3.05) is 0 Å². The average Bonchev–Trinajstić information content (AvgIpc) is 3.03. The minimum Gasteiger partial charge on any atom is -0.469 e. The summed E-state index contributed by atoms with van der Waals surface area (Å²) in [7, 11) is 1.89. The van der Waals surface area contributed by atoms with E-state index in [4.69, 9.17) is 9.68 Å². The summed E-state index contributed by atoms with van der Waals surface area (Å²) in [5.41, 5.74) is 1.84. The Hall–Kier alpha value is -1.99. The zero-order valence-corrected chi connectivity index (χ0v) is 11.4. The van der Waals surface area contributed by atoms with Gasteiger partial charge in [-0.3, -0.25) is 0 Å². The van der Waals surface area contributed by atoms with Crippen LogP contribution in [0.4, 0.5) is 0 Å². The standard InChI is InChI=1S/C15H19N3O/c1-12(5-6-15-4-3-7-19-15)17-10-13-8-14(9-16)18(2)11-13/h3-4,7-8,11-12,17H,5-6,10H2,1-2H3. The Balaban J connectivity index is 1.76. The van der Waals surface area contributed by atoms with Crippen molar-refractivity contribution in [2.45, 2.75) is 32.4 Å². The van der Waals surface area contributed by atoms with Crippen LogP contribution in [0.2, 0.25) is 0 Å². The molecule has 2 aromatic rings. The number of furan rings is 1. The van der Waals surface area contributed by atoms with Crippen molar-refractivity contribution < 1.29 is 4.42 Å². The van der Waals surface area contributed by atoms with Crippen LogP contribution in [-0.4, -0.2) is 10.6 Å². The number of nitrogens with one attached hydrogen (secondary N) is 1. The molecular weight excluding hydrogens is 238 g/mol. The molecule has 0 aliphatic carbocycles. The van der Waals surface area contributed by atoms with E-state index in [2.05, 4.69) is 18.3 Å². The molecule has 1 unspecified atom stereocenters. The van der Waals surface area contributed by atoms with Crippen LogP contribution in [0.5, 0.6) is 0 Å². The lowest BCUT2D eigenvalue weighted by molar-refractivity contribution is 0.460. The first-order valence-corrected chi connectivity index (χ1v) is 6.50. The van der Waals surface area contributed by atoms with Crippen LogP contribution in [0.15, 0.2) is 35.1 Å². The molecule has 0 aromatic carbocycles. The predicted octanol–water partition coefficient (Wildman–Crippen LogP) is 2.60. The fourth-order valence-electron chi connectivity index (χ4n) is 2.05. The predicted molar refractivity (Wildman–Crippen MR) is 73.5 cm³/mol.